The van der Waals surface area contributed by atoms with Gasteiger partial charge in [0.15, 0.2) is 16.7 Å². The number of carbonyl (C=O) groups excluding carboxylic acids is 2. The highest BCUT2D eigenvalue weighted by molar-refractivity contribution is 8.18. The van der Waals surface area contributed by atoms with Crippen molar-refractivity contribution in [2.24, 2.45) is 0 Å². The molecule has 110 valence electrons. The summed E-state index contributed by atoms with van der Waals surface area (Å²) in [6.45, 7) is 3.56. The quantitative estimate of drug-likeness (QED) is 0.505. The molecule has 0 aliphatic carbocycles. The van der Waals surface area contributed by atoms with Crippen molar-refractivity contribution < 1.29 is 19.1 Å². The summed E-state index contributed by atoms with van der Waals surface area (Å²) in [7, 11) is 0. The fraction of sp³-hybridized carbons (Fsp3) is 0.214. The van der Waals surface area contributed by atoms with Gasteiger partial charge < -0.3 is 14.8 Å². The summed E-state index contributed by atoms with van der Waals surface area (Å²) < 4.78 is 10.5. The number of amidine groups is 1. The summed E-state index contributed by atoms with van der Waals surface area (Å²) in [5.74, 6) is 0.0385. The molecule has 1 heterocycles. The van der Waals surface area contributed by atoms with Crippen LogP contribution >= 0.6 is 11.8 Å². The largest absolute Gasteiger partial charge is 0.490 e. The Morgan fingerprint density at radius 1 is 1.43 bits per heavy atom. The predicted molar refractivity (Wildman–Crippen MR) is 80.4 cm³/mol. The first-order valence-electron chi connectivity index (χ1n) is 6.24. The Labute approximate surface area is 126 Å². The van der Waals surface area contributed by atoms with Gasteiger partial charge in [0.25, 0.3) is 5.91 Å². The molecule has 2 rings (SSSR count). The van der Waals surface area contributed by atoms with Crippen LogP contribution in [0.15, 0.2) is 23.1 Å². The van der Waals surface area contributed by atoms with E-state index in [1.54, 1.807) is 24.3 Å². The van der Waals surface area contributed by atoms with Crippen LogP contribution in [0, 0.1) is 5.41 Å². The number of amides is 1. The topological polar surface area (TPSA) is 88.5 Å². The zero-order chi connectivity index (χ0) is 15.4. The molecule has 1 aromatic rings. The average molecular weight is 306 g/mol. The standard InChI is InChI=1S/C14H14N2O4S/c1-3-19-11-6-9(4-5-10(11)20-8(2)17)7-12-13(18)16-14(15)21-12/h4-7H,3H2,1-2H3,(H2,15,16,18)/b12-7-. The van der Waals surface area contributed by atoms with E-state index in [0.717, 1.165) is 17.3 Å². The van der Waals surface area contributed by atoms with Crippen molar-refractivity contribution in [3.8, 4) is 11.5 Å². The maximum Gasteiger partial charge on any atom is 0.308 e. The third-order valence-corrected chi connectivity index (χ3v) is 3.31. The minimum Gasteiger partial charge on any atom is -0.490 e. The van der Waals surface area contributed by atoms with Gasteiger partial charge in [-0.3, -0.25) is 15.0 Å². The lowest BCUT2D eigenvalue weighted by molar-refractivity contribution is -0.132. The van der Waals surface area contributed by atoms with E-state index in [1.165, 1.54) is 6.92 Å². The fourth-order valence-electron chi connectivity index (χ4n) is 1.71. The van der Waals surface area contributed by atoms with Crippen LogP contribution in [0.25, 0.3) is 6.08 Å². The van der Waals surface area contributed by atoms with Crippen molar-refractivity contribution in [2.45, 2.75) is 13.8 Å². The molecule has 0 aromatic heterocycles. The van der Waals surface area contributed by atoms with Crippen molar-refractivity contribution in [1.29, 1.82) is 5.41 Å². The summed E-state index contributed by atoms with van der Waals surface area (Å²) in [6.07, 6.45) is 1.65. The summed E-state index contributed by atoms with van der Waals surface area (Å²) in [5.41, 5.74) is 0.724. The zero-order valence-corrected chi connectivity index (χ0v) is 12.4. The SMILES string of the molecule is CCOc1cc(/C=C2\SC(=N)NC2=O)ccc1OC(C)=O. The molecule has 1 amide bonds. The molecule has 1 aliphatic rings. The van der Waals surface area contributed by atoms with Crippen molar-refractivity contribution in [3.05, 3.63) is 28.7 Å². The second-order valence-electron chi connectivity index (χ2n) is 4.13. The van der Waals surface area contributed by atoms with E-state index in [4.69, 9.17) is 14.9 Å². The second kappa shape index (κ2) is 6.45. The number of nitrogens with one attached hydrogen (secondary N) is 2. The van der Waals surface area contributed by atoms with Gasteiger partial charge in [-0.05, 0) is 42.5 Å². The lowest BCUT2D eigenvalue weighted by atomic mass is 10.2. The Morgan fingerprint density at radius 2 is 2.19 bits per heavy atom. The van der Waals surface area contributed by atoms with Crippen molar-refractivity contribution in [2.75, 3.05) is 6.61 Å². The van der Waals surface area contributed by atoms with Crippen LogP contribution in [0.5, 0.6) is 11.5 Å². The molecule has 0 atom stereocenters. The second-order valence-corrected chi connectivity index (χ2v) is 5.18. The molecule has 2 N–H and O–H groups in total. The molecule has 6 nitrogen and oxygen atoms in total. The number of benzene rings is 1. The van der Waals surface area contributed by atoms with Gasteiger partial charge in [0.05, 0.1) is 11.5 Å². The van der Waals surface area contributed by atoms with Crippen LogP contribution in [-0.4, -0.2) is 23.7 Å². The minimum atomic E-state index is -0.429. The van der Waals surface area contributed by atoms with Crippen LogP contribution in [0.4, 0.5) is 0 Å². The van der Waals surface area contributed by atoms with Gasteiger partial charge in [-0.15, -0.1) is 0 Å². The lowest BCUT2D eigenvalue weighted by Gasteiger charge is -2.10. The van der Waals surface area contributed by atoms with Crippen molar-refractivity contribution in [3.63, 3.8) is 0 Å². The highest BCUT2D eigenvalue weighted by Gasteiger charge is 2.22. The molecule has 0 unspecified atom stereocenters. The number of hydrogen-bond donors (Lipinski definition) is 2. The molecule has 1 aliphatic heterocycles. The first kappa shape index (κ1) is 15.1. The molecule has 7 heteroatoms. The van der Waals surface area contributed by atoms with Gasteiger partial charge in [-0.2, -0.15) is 0 Å². The summed E-state index contributed by atoms with van der Waals surface area (Å²) >= 11 is 1.06. The Bertz CT molecular complexity index is 640. The number of hydrogen-bond acceptors (Lipinski definition) is 6. The predicted octanol–water partition coefficient (Wildman–Crippen LogP) is 2.15. The molecule has 1 aromatic carbocycles. The van der Waals surface area contributed by atoms with E-state index >= 15 is 0 Å². The first-order valence-corrected chi connectivity index (χ1v) is 7.06. The summed E-state index contributed by atoms with van der Waals surface area (Å²) in [5, 5.41) is 9.91. The van der Waals surface area contributed by atoms with Gasteiger partial charge in [0.2, 0.25) is 0 Å². The summed E-state index contributed by atoms with van der Waals surface area (Å²) in [6, 6.07) is 5.01. The maximum atomic E-state index is 11.6. The fourth-order valence-corrected chi connectivity index (χ4v) is 2.42. The Hall–Kier alpha value is -2.28. The third kappa shape index (κ3) is 3.85. The van der Waals surface area contributed by atoms with Gasteiger partial charge in [-0.1, -0.05) is 6.07 Å². The average Bonchev–Trinajstić information content (AvgIpc) is 2.71. The van der Waals surface area contributed by atoms with Crippen LogP contribution in [0.3, 0.4) is 0 Å². The maximum absolute atomic E-state index is 11.6. The third-order valence-electron chi connectivity index (χ3n) is 2.48. The highest BCUT2D eigenvalue weighted by Crippen LogP contribution is 2.31. The van der Waals surface area contributed by atoms with Crippen LogP contribution in [0.1, 0.15) is 19.4 Å². The molecular weight excluding hydrogens is 292 g/mol. The van der Waals surface area contributed by atoms with E-state index in [0.29, 0.717) is 23.0 Å². The van der Waals surface area contributed by atoms with E-state index < -0.39 is 5.97 Å². The summed E-state index contributed by atoms with van der Waals surface area (Å²) in [4.78, 5) is 23.0. The Kier molecular flexibility index (Phi) is 4.64. The van der Waals surface area contributed by atoms with Crippen LogP contribution in [0.2, 0.25) is 0 Å². The molecule has 0 radical (unpaired) electrons. The molecule has 1 saturated heterocycles. The molecule has 21 heavy (non-hydrogen) atoms. The molecule has 1 fully saturated rings. The van der Waals surface area contributed by atoms with Crippen LogP contribution in [-0.2, 0) is 9.59 Å². The van der Waals surface area contributed by atoms with Crippen LogP contribution < -0.4 is 14.8 Å². The number of carbonyl (C=O) groups is 2. The number of ether oxygens (including phenoxy) is 2. The lowest BCUT2D eigenvalue weighted by Crippen LogP contribution is -2.18. The van der Waals surface area contributed by atoms with E-state index in [1.807, 2.05) is 6.92 Å². The molecular formula is C14H14N2O4S. The van der Waals surface area contributed by atoms with Crippen molar-refractivity contribution >= 4 is 34.9 Å². The van der Waals surface area contributed by atoms with E-state index in [-0.39, 0.29) is 11.1 Å². The normalized spacial score (nSPS) is 16.0. The Morgan fingerprint density at radius 3 is 2.76 bits per heavy atom. The van der Waals surface area contributed by atoms with Gasteiger partial charge in [0, 0.05) is 6.92 Å². The van der Waals surface area contributed by atoms with Gasteiger partial charge >= 0.3 is 5.97 Å². The number of esters is 1. The van der Waals surface area contributed by atoms with E-state index in [9.17, 15) is 9.59 Å². The smallest absolute Gasteiger partial charge is 0.308 e. The first-order chi connectivity index (χ1) is 9.99. The molecule has 0 spiro atoms. The van der Waals surface area contributed by atoms with Crippen molar-refractivity contribution in [1.82, 2.24) is 5.32 Å². The van der Waals surface area contributed by atoms with Gasteiger partial charge in [0.1, 0.15) is 0 Å². The monoisotopic (exact) mass is 306 g/mol. The number of thioether (sulfide) groups is 1. The zero-order valence-electron chi connectivity index (χ0n) is 11.6. The van der Waals surface area contributed by atoms with E-state index in [2.05, 4.69) is 5.32 Å². The number of rotatable bonds is 4. The molecule has 0 saturated carbocycles. The Balaban J connectivity index is 2.31. The van der Waals surface area contributed by atoms with Gasteiger partial charge in [-0.25, -0.2) is 0 Å². The highest BCUT2D eigenvalue weighted by atomic mass is 32.2. The minimum absolute atomic E-state index is 0.104. The molecule has 0 bridgehead atoms.